The molecule has 0 saturated carbocycles. The highest BCUT2D eigenvalue weighted by molar-refractivity contribution is 8.00. The number of amides is 3. The molecule has 0 aliphatic carbocycles. The Hall–Kier alpha value is -5.31. The SMILES string of the molecule is CCOc1ccc(/C=C(\NC(=O)c2ccccc2)C(=O)Nc2ccc(SC(C(=O)Nc3cccc(Cl)c3C)c3ccccc3)cc2)cc1. The van der Waals surface area contributed by atoms with Gasteiger partial charge in [-0.15, -0.1) is 11.8 Å². The lowest BCUT2D eigenvalue weighted by molar-refractivity contribution is -0.116. The van der Waals surface area contributed by atoms with Crippen molar-refractivity contribution < 1.29 is 19.1 Å². The Morgan fingerprint density at radius 3 is 2.12 bits per heavy atom. The van der Waals surface area contributed by atoms with E-state index in [0.717, 1.165) is 16.0 Å². The number of halogens is 1. The van der Waals surface area contributed by atoms with Gasteiger partial charge in [0.15, 0.2) is 0 Å². The van der Waals surface area contributed by atoms with Crippen molar-refractivity contribution in [1.82, 2.24) is 5.32 Å². The lowest BCUT2D eigenvalue weighted by Gasteiger charge is -2.18. The zero-order valence-corrected chi connectivity index (χ0v) is 28.0. The summed E-state index contributed by atoms with van der Waals surface area (Å²) in [5, 5.41) is 8.69. The zero-order chi connectivity index (χ0) is 33.9. The summed E-state index contributed by atoms with van der Waals surface area (Å²) in [6.45, 7) is 4.31. The molecule has 5 aromatic rings. The number of carbonyl (C=O) groups is 3. The molecule has 0 spiro atoms. The minimum atomic E-state index is -0.554. The first-order valence-corrected chi connectivity index (χ1v) is 16.6. The highest BCUT2D eigenvalue weighted by atomic mass is 35.5. The molecule has 3 amide bonds. The number of carbonyl (C=O) groups excluding carboxylic acids is 3. The zero-order valence-electron chi connectivity index (χ0n) is 26.4. The van der Waals surface area contributed by atoms with Gasteiger partial charge in [-0.05, 0) is 97.3 Å². The molecular weight excluding hydrogens is 642 g/mol. The Morgan fingerprint density at radius 1 is 0.792 bits per heavy atom. The van der Waals surface area contributed by atoms with Crippen LogP contribution in [0.25, 0.3) is 6.08 Å². The van der Waals surface area contributed by atoms with Crippen LogP contribution >= 0.6 is 23.4 Å². The maximum atomic E-state index is 13.6. The summed E-state index contributed by atoms with van der Waals surface area (Å²) >= 11 is 7.68. The fraction of sp³-hybridized carbons (Fsp3) is 0.103. The smallest absolute Gasteiger partial charge is 0.272 e. The van der Waals surface area contributed by atoms with Crippen molar-refractivity contribution in [3.05, 3.63) is 160 Å². The molecule has 0 saturated heterocycles. The molecule has 5 aromatic carbocycles. The van der Waals surface area contributed by atoms with E-state index >= 15 is 0 Å². The van der Waals surface area contributed by atoms with Crippen LogP contribution in [-0.2, 0) is 9.59 Å². The summed E-state index contributed by atoms with van der Waals surface area (Å²) in [7, 11) is 0. The van der Waals surface area contributed by atoms with Crippen molar-refractivity contribution in [3.8, 4) is 5.75 Å². The number of anilines is 2. The molecule has 0 aliphatic heterocycles. The van der Waals surface area contributed by atoms with Crippen LogP contribution in [0.3, 0.4) is 0 Å². The van der Waals surface area contributed by atoms with E-state index in [9.17, 15) is 14.4 Å². The summed E-state index contributed by atoms with van der Waals surface area (Å²) in [5.74, 6) is -0.384. The quantitative estimate of drug-likeness (QED) is 0.0907. The van der Waals surface area contributed by atoms with Crippen molar-refractivity contribution in [2.24, 2.45) is 0 Å². The second-order valence-corrected chi connectivity index (χ2v) is 12.3. The third-order valence-electron chi connectivity index (χ3n) is 7.26. The average Bonchev–Trinajstić information content (AvgIpc) is 3.11. The van der Waals surface area contributed by atoms with Gasteiger partial charge < -0.3 is 20.7 Å². The Labute approximate surface area is 289 Å². The number of rotatable bonds is 12. The number of hydrogen-bond acceptors (Lipinski definition) is 5. The lowest BCUT2D eigenvalue weighted by atomic mass is 10.1. The van der Waals surface area contributed by atoms with Crippen LogP contribution < -0.4 is 20.7 Å². The van der Waals surface area contributed by atoms with Gasteiger partial charge in [0, 0.05) is 26.9 Å². The predicted octanol–water partition coefficient (Wildman–Crippen LogP) is 8.93. The first-order chi connectivity index (χ1) is 23.3. The minimum Gasteiger partial charge on any atom is -0.494 e. The lowest BCUT2D eigenvalue weighted by Crippen LogP contribution is -2.30. The van der Waals surface area contributed by atoms with Crippen molar-refractivity contribution in [1.29, 1.82) is 0 Å². The van der Waals surface area contributed by atoms with E-state index in [-0.39, 0.29) is 11.6 Å². The third kappa shape index (κ3) is 9.15. The van der Waals surface area contributed by atoms with Crippen molar-refractivity contribution in [2.75, 3.05) is 17.2 Å². The Morgan fingerprint density at radius 2 is 1.46 bits per heavy atom. The van der Waals surface area contributed by atoms with Gasteiger partial charge in [-0.2, -0.15) is 0 Å². The van der Waals surface area contributed by atoms with Crippen molar-refractivity contribution in [3.63, 3.8) is 0 Å². The molecule has 48 heavy (non-hydrogen) atoms. The van der Waals surface area contributed by atoms with Crippen LogP contribution in [0.4, 0.5) is 11.4 Å². The molecule has 1 atom stereocenters. The van der Waals surface area contributed by atoms with E-state index in [1.807, 2.05) is 80.6 Å². The molecule has 7 nitrogen and oxygen atoms in total. The Bertz CT molecular complexity index is 1900. The van der Waals surface area contributed by atoms with Crippen LogP contribution in [0, 0.1) is 6.92 Å². The predicted molar refractivity (Wildman–Crippen MR) is 194 cm³/mol. The molecule has 0 aromatic heterocycles. The fourth-order valence-electron chi connectivity index (χ4n) is 4.73. The second-order valence-electron chi connectivity index (χ2n) is 10.7. The van der Waals surface area contributed by atoms with Gasteiger partial charge in [-0.25, -0.2) is 0 Å². The monoisotopic (exact) mass is 675 g/mol. The average molecular weight is 676 g/mol. The van der Waals surface area contributed by atoms with Crippen molar-refractivity contribution in [2.45, 2.75) is 24.0 Å². The summed E-state index contributed by atoms with van der Waals surface area (Å²) in [6.07, 6.45) is 1.61. The van der Waals surface area contributed by atoms with Gasteiger partial charge in [0.2, 0.25) is 5.91 Å². The highest BCUT2D eigenvalue weighted by Gasteiger charge is 2.23. The van der Waals surface area contributed by atoms with Crippen molar-refractivity contribution >= 4 is 58.5 Å². The van der Waals surface area contributed by atoms with E-state index in [1.165, 1.54) is 11.8 Å². The van der Waals surface area contributed by atoms with Gasteiger partial charge in [-0.1, -0.05) is 78.3 Å². The van der Waals surface area contributed by atoms with E-state index in [1.54, 1.807) is 66.7 Å². The van der Waals surface area contributed by atoms with E-state index in [4.69, 9.17) is 16.3 Å². The molecule has 0 fully saturated rings. The maximum absolute atomic E-state index is 13.6. The van der Waals surface area contributed by atoms with E-state index in [0.29, 0.717) is 39.9 Å². The second kappa shape index (κ2) is 16.5. The molecule has 0 bridgehead atoms. The number of hydrogen-bond donors (Lipinski definition) is 3. The molecule has 3 N–H and O–H groups in total. The molecule has 1 unspecified atom stereocenters. The molecule has 0 aliphatic rings. The number of benzene rings is 5. The molecule has 9 heteroatoms. The molecule has 5 rings (SSSR count). The minimum absolute atomic E-state index is 0.0728. The van der Waals surface area contributed by atoms with Gasteiger partial charge in [0.1, 0.15) is 16.7 Å². The standard InChI is InChI=1S/C39H34ClN3O4S/c1-3-47-31-21-17-27(18-22-31)25-35(43-37(44)29-13-8-5-9-14-29)38(45)41-30-19-23-32(24-20-30)48-36(28-11-6-4-7-12-28)39(46)42-34-16-10-15-33(40)26(34)2/h4-25,36H,3H2,1-2H3,(H,41,45)(H,42,46)(H,43,44)/b35-25-. The summed E-state index contributed by atoms with van der Waals surface area (Å²) in [6, 6.07) is 38.1. The van der Waals surface area contributed by atoms with Crippen LogP contribution in [0.15, 0.2) is 138 Å². The molecule has 0 heterocycles. The highest BCUT2D eigenvalue weighted by Crippen LogP contribution is 2.37. The normalized spacial score (nSPS) is 11.7. The van der Waals surface area contributed by atoms with Crippen LogP contribution in [0.5, 0.6) is 5.75 Å². The van der Waals surface area contributed by atoms with Gasteiger partial charge in [0.25, 0.3) is 11.8 Å². The molecule has 0 radical (unpaired) electrons. The first kappa shape index (κ1) is 34.0. The Kier molecular flexibility index (Phi) is 11.7. The summed E-state index contributed by atoms with van der Waals surface area (Å²) in [4.78, 5) is 40.9. The topological polar surface area (TPSA) is 96.5 Å². The van der Waals surface area contributed by atoms with Crippen LogP contribution in [0.1, 0.15) is 39.2 Å². The molecular formula is C39H34ClN3O4S. The van der Waals surface area contributed by atoms with Gasteiger partial charge in [-0.3, -0.25) is 14.4 Å². The van der Waals surface area contributed by atoms with E-state index < -0.39 is 17.1 Å². The number of thioether (sulfide) groups is 1. The summed E-state index contributed by atoms with van der Waals surface area (Å²) in [5.41, 5.74) is 4.01. The van der Waals surface area contributed by atoms with Crippen LogP contribution in [0.2, 0.25) is 5.02 Å². The third-order valence-corrected chi connectivity index (χ3v) is 8.94. The fourth-order valence-corrected chi connectivity index (χ4v) is 5.93. The van der Waals surface area contributed by atoms with Crippen LogP contribution in [-0.4, -0.2) is 24.3 Å². The maximum Gasteiger partial charge on any atom is 0.272 e. The van der Waals surface area contributed by atoms with Gasteiger partial charge in [0.05, 0.1) is 6.61 Å². The summed E-state index contributed by atoms with van der Waals surface area (Å²) < 4.78 is 5.52. The number of nitrogens with one attached hydrogen (secondary N) is 3. The largest absolute Gasteiger partial charge is 0.494 e. The van der Waals surface area contributed by atoms with Gasteiger partial charge >= 0.3 is 0 Å². The first-order valence-electron chi connectivity index (χ1n) is 15.3. The van der Waals surface area contributed by atoms with E-state index in [2.05, 4.69) is 16.0 Å². The Balaban J connectivity index is 1.33. The number of ether oxygens (including phenoxy) is 1. The molecule has 242 valence electrons.